The molecule has 1 saturated carbocycles. The molecule has 2 N–H and O–H groups in total. The summed E-state index contributed by atoms with van der Waals surface area (Å²) in [5.74, 6) is -2.06. The van der Waals surface area contributed by atoms with Gasteiger partial charge in [0.15, 0.2) is 0 Å². The van der Waals surface area contributed by atoms with E-state index in [2.05, 4.69) is 4.98 Å². The Balaban J connectivity index is 2.44. The van der Waals surface area contributed by atoms with Gasteiger partial charge in [0.05, 0.1) is 25.3 Å². The highest BCUT2D eigenvalue weighted by molar-refractivity contribution is 5.47. The number of alkyl halides is 2. The van der Waals surface area contributed by atoms with Gasteiger partial charge in [-0.3, -0.25) is 0 Å². The molecule has 4 nitrogen and oxygen atoms in total. The third kappa shape index (κ3) is 1.93. The molecule has 0 saturated heterocycles. The summed E-state index contributed by atoms with van der Waals surface area (Å²) in [6, 6.07) is 1.59. The van der Waals surface area contributed by atoms with Crippen molar-refractivity contribution >= 4 is 0 Å². The molecule has 17 heavy (non-hydrogen) atoms. The molecule has 0 unspecified atom stereocenters. The van der Waals surface area contributed by atoms with Crippen LogP contribution in [0.2, 0.25) is 0 Å². The number of aromatic nitrogens is 1. The molecular weight excluding hydrogens is 230 g/mol. The Kier molecular flexibility index (Phi) is 2.69. The Morgan fingerprint density at radius 1 is 1.29 bits per heavy atom. The van der Waals surface area contributed by atoms with Crippen molar-refractivity contribution in [3.05, 3.63) is 17.8 Å². The van der Waals surface area contributed by atoms with Gasteiger partial charge in [-0.1, -0.05) is 0 Å². The predicted octanol–water partition coefficient (Wildman–Crippen LogP) is 1.68. The Bertz CT molecular complexity index is 407. The number of pyridine rings is 1. The van der Waals surface area contributed by atoms with Gasteiger partial charge in [-0.05, 0) is 6.07 Å². The molecule has 94 valence electrons. The fourth-order valence-corrected chi connectivity index (χ4v) is 2.26. The van der Waals surface area contributed by atoms with Crippen LogP contribution in [0.15, 0.2) is 12.3 Å². The fraction of sp³-hybridized carbons (Fsp3) is 0.545. The number of rotatable bonds is 3. The molecule has 2 rings (SSSR count). The van der Waals surface area contributed by atoms with Crippen LogP contribution in [0.4, 0.5) is 8.78 Å². The number of nitrogens with zero attached hydrogens (tertiary/aromatic N) is 1. The van der Waals surface area contributed by atoms with Crippen molar-refractivity contribution in [2.75, 3.05) is 14.2 Å². The van der Waals surface area contributed by atoms with E-state index in [0.717, 1.165) is 0 Å². The Hall–Kier alpha value is -1.43. The molecular formula is C11H14F2N2O2. The lowest BCUT2D eigenvalue weighted by Gasteiger charge is -2.45. The lowest BCUT2D eigenvalue weighted by Crippen LogP contribution is -2.55. The van der Waals surface area contributed by atoms with Crippen molar-refractivity contribution in [3.8, 4) is 11.6 Å². The van der Waals surface area contributed by atoms with E-state index in [1.807, 2.05) is 0 Å². The molecule has 0 aliphatic heterocycles. The smallest absolute Gasteiger partial charge is 0.252 e. The van der Waals surface area contributed by atoms with Crippen LogP contribution in [0.3, 0.4) is 0 Å². The van der Waals surface area contributed by atoms with E-state index in [9.17, 15) is 8.78 Å². The normalized spacial score (nSPS) is 20.5. The SMILES string of the molecule is COc1ccnc(OC)c1C1(N)CC(F)(F)C1. The third-order valence-corrected chi connectivity index (χ3v) is 2.94. The number of halogens is 2. The fourth-order valence-electron chi connectivity index (χ4n) is 2.26. The number of ether oxygens (including phenoxy) is 2. The summed E-state index contributed by atoms with van der Waals surface area (Å²) in [6.07, 6.45) is 0.651. The second-order valence-corrected chi connectivity index (χ2v) is 4.26. The second-order valence-electron chi connectivity index (χ2n) is 4.26. The van der Waals surface area contributed by atoms with Gasteiger partial charge < -0.3 is 15.2 Å². The lowest BCUT2D eigenvalue weighted by atomic mass is 9.69. The van der Waals surface area contributed by atoms with Gasteiger partial charge in [-0.15, -0.1) is 0 Å². The maximum Gasteiger partial charge on any atom is 0.252 e. The maximum absolute atomic E-state index is 13.0. The average Bonchev–Trinajstić information content (AvgIpc) is 2.25. The molecule has 0 spiro atoms. The van der Waals surface area contributed by atoms with E-state index in [1.54, 1.807) is 6.07 Å². The first-order chi connectivity index (χ1) is 7.92. The summed E-state index contributed by atoms with van der Waals surface area (Å²) in [6.45, 7) is 0. The topological polar surface area (TPSA) is 57.4 Å². The van der Waals surface area contributed by atoms with Gasteiger partial charge >= 0.3 is 0 Å². The average molecular weight is 244 g/mol. The van der Waals surface area contributed by atoms with Gasteiger partial charge in [-0.2, -0.15) is 0 Å². The van der Waals surface area contributed by atoms with Crippen molar-refractivity contribution in [1.29, 1.82) is 0 Å². The van der Waals surface area contributed by atoms with E-state index >= 15 is 0 Å². The van der Waals surface area contributed by atoms with Crippen LogP contribution in [0.5, 0.6) is 11.6 Å². The van der Waals surface area contributed by atoms with Gasteiger partial charge in [-0.25, -0.2) is 13.8 Å². The highest BCUT2D eigenvalue weighted by atomic mass is 19.3. The van der Waals surface area contributed by atoms with Crippen LogP contribution < -0.4 is 15.2 Å². The van der Waals surface area contributed by atoms with Crippen LogP contribution in [-0.2, 0) is 5.54 Å². The summed E-state index contributed by atoms with van der Waals surface area (Å²) >= 11 is 0. The number of hydrogen-bond donors (Lipinski definition) is 1. The van der Waals surface area contributed by atoms with Gasteiger partial charge in [0.2, 0.25) is 5.88 Å². The van der Waals surface area contributed by atoms with Gasteiger partial charge in [0.1, 0.15) is 5.75 Å². The van der Waals surface area contributed by atoms with E-state index in [1.165, 1.54) is 20.4 Å². The van der Waals surface area contributed by atoms with Crippen LogP contribution in [0.25, 0.3) is 0 Å². The zero-order valence-electron chi connectivity index (χ0n) is 9.67. The van der Waals surface area contributed by atoms with Gasteiger partial charge in [0.25, 0.3) is 5.92 Å². The molecule has 0 aromatic carbocycles. The van der Waals surface area contributed by atoms with Gasteiger partial charge in [0, 0.05) is 19.0 Å². The zero-order valence-corrected chi connectivity index (χ0v) is 9.67. The number of methoxy groups -OCH3 is 2. The Morgan fingerprint density at radius 2 is 1.94 bits per heavy atom. The molecule has 0 atom stereocenters. The Labute approximate surface area is 97.7 Å². The minimum Gasteiger partial charge on any atom is -0.496 e. The largest absolute Gasteiger partial charge is 0.496 e. The highest BCUT2D eigenvalue weighted by Gasteiger charge is 2.57. The van der Waals surface area contributed by atoms with E-state index in [4.69, 9.17) is 15.2 Å². The zero-order chi connectivity index (χ0) is 12.7. The first kappa shape index (κ1) is 12.0. The second kappa shape index (κ2) is 3.80. The monoisotopic (exact) mass is 244 g/mol. The van der Waals surface area contributed by atoms with Crippen LogP contribution >= 0.6 is 0 Å². The summed E-state index contributed by atoms with van der Waals surface area (Å²) < 4.78 is 36.2. The molecule has 0 radical (unpaired) electrons. The summed E-state index contributed by atoms with van der Waals surface area (Å²) in [7, 11) is 2.88. The molecule has 1 aliphatic carbocycles. The number of hydrogen-bond acceptors (Lipinski definition) is 4. The summed E-state index contributed by atoms with van der Waals surface area (Å²) in [5, 5.41) is 0. The maximum atomic E-state index is 13.0. The third-order valence-electron chi connectivity index (χ3n) is 2.94. The van der Waals surface area contributed by atoms with E-state index in [-0.39, 0.29) is 5.88 Å². The van der Waals surface area contributed by atoms with Crippen LogP contribution in [0.1, 0.15) is 18.4 Å². The summed E-state index contributed by atoms with van der Waals surface area (Å²) in [4.78, 5) is 3.97. The van der Waals surface area contributed by atoms with Crippen LogP contribution in [0, 0.1) is 0 Å². The van der Waals surface area contributed by atoms with Crippen molar-refractivity contribution in [2.24, 2.45) is 5.73 Å². The van der Waals surface area contributed by atoms with E-state index < -0.39 is 24.3 Å². The van der Waals surface area contributed by atoms with Crippen molar-refractivity contribution in [3.63, 3.8) is 0 Å². The standard InChI is InChI=1S/C11H14F2N2O2/c1-16-7-3-4-15-9(17-2)8(7)10(14)5-11(12,13)6-10/h3-4H,5-6,14H2,1-2H3. The number of nitrogens with two attached hydrogens (primary N) is 1. The summed E-state index contributed by atoms with van der Waals surface area (Å²) in [5.41, 5.74) is 5.25. The molecule has 0 bridgehead atoms. The molecule has 1 fully saturated rings. The van der Waals surface area contributed by atoms with Crippen molar-refractivity contribution < 1.29 is 18.3 Å². The molecule has 1 aromatic heterocycles. The first-order valence-corrected chi connectivity index (χ1v) is 5.16. The minimum absolute atomic E-state index is 0.238. The van der Waals surface area contributed by atoms with Crippen molar-refractivity contribution in [1.82, 2.24) is 4.98 Å². The first-order valence-electron chi connectivity index (χ1n) is 5.16. The highest BCUT2D eigenvalue weighted by Crippen LogP contribution is 2.53. The quantitative estimate of drug-likeness (QED) is 0.878. The Morgan fingerprint density at radius 3 is 2.41 bits per heavy atom. The molecule has 1 aromatic rings. The van der Waals surface area contributed by atoms with Crippen LogP contribution in [-0.4, -0.2) is 25.1 Å². The molecule has 0 amide bonds. The molecule has 1 aliphatic rings. The lowest BCUT2D eigenvalue weighted by molar-refractivity contribution is -0.126. The molecule has 1 heterocycles. The van der Waals surface area contributed by atoms with Crippen molar-refractivity contribution in [2.45, 2.75) is 24.3 Å². The molecule has 6 heteroatoms. The minimum atomic E-state index is -2.72. The van der Waals surface area contributed by atoms with E-state index in [0.29, 0.717) is 11.3 Å². The predicted molar refractivity (Wildman–Crippen MR) is 57.4 cm³/mol.